The average molecular weight is 432 g/mol. The van der Waals surface area contributed by atoms with Gasteiger partial charge in [0.25, 0.3) is 0 Å². The molecule has 1 aromatic heterocycles. The number of alkyl halides is 2. The third-order valence-electron chi connectivity index (χ3n) is 4.24. The van der Waals surface area contributed by atoms with Gasteiger partial charge in [0.2, 0.25) is 11.2 Å². The summed E-state index contributed by atoms with van der Waals surface area (Å²) in [5.41, 5.74) is 0.958. The molecule has 0 bridgehead atoms. The molecular weight excluding hydrogens is 415 g/mol. The summed E-state index contributed by atoms with van der Waals surface area (Å²) in [4.78, 5) is 22.9. The van der Waals surface area contributed by atoms with E-state index in [1.165, 1.54) is 19.2 Å². The standard InChI is InChI=1S/C17H17Cl2F2N5O2/c1-10(27)25-4-6-26(7-5-25)11-2-3-13(14(8-11)28-17(20)21)23-15-12(18)9-22-16(19)24-15/h2-3,8-9,17H,4-7H2,1H3,(H,22,23,24). The number of hydrogen-bond acceptors (Lipinski definition) is 6. The van der Waals surface area contributed by atoms with Gasteiger partial charge in [0, 0.05) is 44.9 Å². The van der Waals surface area contributed by atoms with Gasteiger partial charge in [-0.3, -0.25) is 4.79 Å². The van der Waals surface area contributed by atoms with E-state index in [1.807, 2.05) is 4.90 Å². The second-order valence-electron chi connectivity index (χ2n) is 6.01. The van der Waals surface area contributed by atoms with Crippen molar-refractivity contribution >= 4 is 46.3 Å². The maximum atomic E-state index is 12.9. The third-order valence-corrected chi connectivity index (χ3v) is 4.70. The minimum atomic E-state index is -3.00. The lowest BCUT2D eigenvalue weighted by Crippen LogP contribution is -2.48. The van der Waals surface area contributed by atoms with Gasteiger partial charge in [-0.05, 0) is 23.7 Å². The minimum absolute atomic E-state index is 0.0151. The Morgan fingerprint density at radius 1 is 1.25 bits per heavy atom. The van der Waals surface area contributed by atoms with Crippen molar-refractivity contribution in [1.29, 1.82) is 0 Å². The van der Waals surface area contributed by atoms with Crippen LogP contribution in [0.2, 0.25) is 10.3 Å². The fraction of sp³-hybridized carbons (Fsp3) is 0.353. The van der Waals surface area contributed by atoms with Gasteiger partial charge >= 0.3 is 6.61 Å². The monoisotopic (exact) mass is 431 g/mol. The maximum absolute atomic E-state index is 12.9. The molecule has 2 heterocycles. The Kier molecular flexibility index (Phi) is 6.35. The molecule has 3 rings (SSSR count). The number of carbonyl (C=O) groups excluding carboxylic acids is 1. The van der Waals surface area contributed by atoms with Gasteiger partial charge in [0.05, 0.1) is 11.9 Å². The van der Waals surface area contributed by atoms with E-state index in [2.05, 4.69) is 20.0 Å². The van der Waals surface area contributed by atoms with Crippen LogP contribution in [0.3, 0.4) is 0 Å². The van der Waals surface area contributed by atoms with E-state index in [9.17, 15) is 13.6 Å². The molecule has 7 nitrogen and oxygen atoms in total. The Morgan fingerprint density at radius 3 is 2.61 bits per heavy atom. The van der Waals surface area contributed by atoms with Gasteiger partial charge in [0.1, 0.15) is 5.02 Å². The van der Waals surface area contributed by atoms with Gasteiger partial charge in [-0.15, -0.1) is 0 Å². The molecular formula is C17H17Cl2F2N5O2. The summed E-state index contributed by atoms with van der Waals surface area (Å²) >= 11 is 11.8. The van der Waals surface area contributed by atoms with Crippen LogP contribution in [0.15, 0.2) is 24.4 Å². The predicted octanol–water partition coefficient (Wildman–Crippen LogP) is 3.80. The molecule has 1 aliphatic heterocycles. The Labute approximate surface area is 170 Å². The number of ether oxygens (including phenoxy) is 1. The molecule has 2 aromatic rings. The van der Waals surface area contributed by atoms with E-state index in [4.69, 9.17) is 23.2 Å². The maximum Gasteiger partial charge on any atom is 0.387 e. The van der Waals surface area contributed by atoms with Crippen LogP contribution in [0, 0.1) is 0 Å². The molecule has 1 aromatic carbocycles. The van der Waals surface area contributed by atoms with E-state index in [1.54, 1.807) is 17.0 Å². The first-order chi connectivity index (χ1) is 13.3. The van der Waals surface area contributed by atoms with Gasteiger partial charge in [-0.25, -0.2) is 4.98 Å². The Morgan fingerprint density at radius 2 is 1.96 bits per heavy atom. The smallest absolute Gasteiger partial charge is 0.387 e. The third kappa shape index (κ3) is 4.90. The molecule has 1 N–H and O–H groups in total. The number of rotatable bonds is 5. The van der Waals surface area contributed by atoms with Crippen LogP contribution in [0.25, 0.3) is 0 Å². The molecule has 28 heavy (non-hydrogen) atoms. The van der Waals surface area contributed by atoms with Crippen LogP contribution in [0.4, 0.5) is 26.0 Å². The van der Waals surface area contributed by atoms with Gasteiger partial charge in [0.15, 0.2) is 11.6 Å². The second kappa shape index (κ2) is 8.74. The molecule has 0 atom stereocenters. The molecule has 0 spiro atoms. The summed E-state index contributed by atoms with van der Waals surface area (Å²) in [5, 5.41) is 2.98. The quantitative estimate of drug-likeness (QED) is 0.726. The van der Waals surface area contributed by atoms with Gasteiger partial charge < -0.3 is 19.9 Å². The summed E-state index contributed by atoms with van der Waals surface area (Å²) in [5.74, 6) is 0.122. The summed E-state index contributed by atoms with van der Waals surface area (Å²) < 4.78 is 30.5. The highest BCUT2D eigenvalue weighted by atomic mass is 35.5. The first-order valence-corrected chi connectivity index (χ1v) is 9.13. The molecule has 0 aliphatic carbocycles. The van der Waals surface area contributed by atoms with E-state index in [-0.39, 0.29) is 33.5 Å². The highest BCUT2D eigenvalue weighted by Crippen LogP contribution is 2.35. The number of carbonyl (C=O) groups is 1. The normalized spacial score (nSPS) is 14.4. The number of halogens is 4. The average Bonchev–Trinajstić information content (AvgIpc) is 2.65. The predicted molar refractivity (Wildman–Crippen MR) is 103 cm³/mol. The number of hydrogen-bond donors (Lipinski definition) is 1. The largest absolute Gasteiger partial charge is 0.433 e. The van der Waals surface area contributed by atoms with Crippen LogP contribution in [0.1, 0.15) is 6.92 Å². The van der Waals surface area contributed by atoms with E-state index in [0.29, 0.717) is 31.9 Å². The number of anilines is 3. The zero-order valence-corrected chi connectivity index (χ0v) is 16.3. The Bertz CT molecular complexity index is 863. The molecule has 1 aliphatic rings. The van der Waals surface area contributed by atoms with Crippen molar-refractivity contribution in [1.82, 2.24) is 14.9 Å². The number of aromatic nitrogens is 2. The zero-order chi connectivity index (χ0) is 20.3. The Hall–Kier alpha value is -2.39. The van der Waals surface area contributed by atoms with E-state index < -0.39 is 6.61 Å². The summed E-state index contributed by atoms with van der Waals surface area (Å²) in [7, 11) is 0. The topological polar surface area (TPSA) is 70.6 Å². The van der Waals surface area contributed by atoms with Crippen LogP contribution >= 0.6 is 23.2 Å². The number of piperazine rings is 1. The van der Waals surface area contributed by atoms with Crippen molar-refractivity contribution in [2.24, 2.45) is 0 Å². The molecule has 0 unspecified atom stereocenters. The summed E-state index contributed by atoms with van der Waals surface area (Å²) in [6, 6.07) is 4.87. The Balaban J connectivity index is 1.84. The summed E-state index contributed by atoms with van der Waals surface area (Å²) in [6.07, 6.45) is 1.30. The molecule has 150 valence electrons. The highest BCUT2D eigenvalue weighted by Gasteiger charge is 2.21. The second-order valence-corrected chi connectivity index (χ2v) is 6.76. The van der Waals surface area contributed by atoms with Crippen molar-refractivity contribution in [3.8, 4) is 5.75 Å². The minimum Gasteiger partial charge on any atom is -0.433 e. The first kappa shape index (κ1) is 20.3. The summed E-state index contributed by atoms with van der Waals surface area (Å²) in [6.45, 7) is 0.830. The molecule has 0 radical (unpaired) electrons. The fourth-order valence-electron chi connectivity index (χ4n) is 2.84. The molecule has 1 saturated heterocycles. The SMILES string of the molecule is CC(=O)N1CCN(c2ccc(Nc3nc(Cl)ncc3Cl)c(OC(F)F)c2)CC1. The molecule has 1 fully saturated rings. The lowest BCUT2D eigenvalue weighted by atomic mass is 10.2. The lowest BCUT2D eigenvalue weighted by Gasteiger charge is -2.35. The van der Waals surface area contributed by atoms with Crippen LogP contribution in [0.5, 0.6) is 5.75 Å². The zero-order valence-electron chi connectivity index (χ0n) is 14.8. The van der Waals surface area contributed by atoms with Crippen molar-refractivity contribution in [3.63, 3.8) is 0 Å². The van der Waals surface area contributed by atoms with Crippen LogP contribution in [-0.2, 0) is 4.79 Å². The first-order valence-electron chi connectivity index (χ1n) is 8.38. The van der Waals surface area contributed by atoms with E-state index in [0.717, 1.165) is 0 Å². The van der Waals surface area contributed by atoms with Crippen molar-refractivity contribution in [2.75, 3.05) is 36.4 Å². The van der Waals surface area contributed by atoms with Crippen molar-refractivity contribution in [2.45, 2.75) is 13.5 Å². The van der Waals surface area contributed by atoms with Crippen molar-refractivity contribution in [3.05, 3.63) is 34.7 Å². The van der Waals surface area contributed by atoms with E-state index >= 15 is 0 Å². The highest BCUT2D eigenvalue weighted by molar-refractivity contribution is 6.33. The molecule has 1 amide bonds. The number of nitrogens with one attached hydrogen (secondary N) is 1. The number of benzene rings is 1. The van der Waals surface area contributed by atoms with Crippen molar-refractivity contribution < 1.29 is 18.3 Å². The fourth-order valence-corrected chi connectivity index (χ4v) is 3.12. The van der Waals surface area contributed by atoms with Gasteiger partial charge in [-0.2, -0.15) is 13.8 Å². The number of amides is 1. The molecule has 11 heteroatoms. The van der Waals surface area contributed by atoms with Crippen LogP contribution in [-0.4, -0.2) is 53.6 Å². The van der Waals surface area contributed by atoms with Gasteiger partial charge in [-0.1, -0.05) is 11.6 Å². The lowest BCUT2D eigenvalue weighted by molar-refractivity contribution is -0.129. The van der Waals surface area contributed by atoms with Crippen LogP contribution < -0.4 is 15.0 Å². The molecule has 0 saturated carbocycles. The number of nitrogens with zero attached hydrogens (tertiary/aromatic N) is 4.